The molecule has 22 heavy (non-hydrogen) atoms. The van der Waals surface area contributed by atoms with E-state index in [2.05, 4.69) is 4.99 Å². The third kappa shape index (κ3) is 3.52. The number of anilines is 1. The van der Waals surface area contributed by atoms with Gasteiger partial charge >= 0.3 is 0 Å². The quantitative estimate of drug-likeness (QED) is 0.609. The summed E-state index contributed by atoms with van der Waals surface area (Å²) >= 11 is 0. The molecule has 122 valence electrons. The number of aliphatic imine (C=N–C) groups is 1. The van der Waals surface area contributed by atoms with Crippen molar-refractivity contribution in [3.63, 3.8) is 0 Å². The van der Waals surface area contributed by atoms with E-state index in [0.717, 1.165) is 23.6 Å². The summed E-state index contributed by atoms with van der Waals surface area (Å²) in [6.07, 6.45) is 0.777. The first-order chi connectivity index (χ1) is 10.3. The van der Waals surface area contributed by atoms with E-state index in [9.17, 15) is 8.42 Å². The molecule has 7 heteroatoms. The lowest BCUT2D eigenvalue weighted by Gasteiger charge is -2.23. The van der Waals surface area contributed by atoms with E-state index in [1.165, 1.54) is 4.31 Å². The minimum absolute atomic E-state index is 0.0204. The van der Waals surface area contributed by atoms with Gasteiger partial charge in [-0.2, -0.15) is 0 Å². The summed E-state index contributed by atoms with van der Waals surface area (Å²) in [5.74, 6) is 0.781. The number of sulfonamides is 1. The topological polar surface area (TPSA) is 56.2 Å². The van der Waals surface area contributed by atoms with Crippen LogP contribution in [0.2, 0.25) is 0 Å². The summed E-state index contributed by atoms with van der Waals surface area (Å²) < 4.78 is 26.6. The molecular formula is C15H24N4O2S. The minimum atomic E-state index is -3.33. The van der Waals surface area contributed by atoms with E-state index in [1.807, 2.05) is 62.3 Å². The molecule has 1 aliphatic heterocycles. The number of para-hydroxylation sites is 1. The van der Waals surface area contributed by atoms with Crippen LogP contribution in [0, 0.1) is 0 Å². The van der Waals surface area contributed by atoms with Gasteiger partial charge in [-0.15, -0.1) is 0 Å². The maximum Gasteiger partial charge on any atom is 0.237 e. The average Bonchev–Trinajstić information content (AvgIpc) is 2.87. The molecule has 0 amide bonds. The van der Waals surface area contributed by atoms with Crippen LogP contribution in [0.25, 0.3) is 0 Å². The molecule has 0 unspecified atom stereocenters. The van der Waals surface area contributed by atoms with Crippen LogP contribution in [0.5, 0.6) is 0 Å². The Morgan fingerprint density at radius 1 is 1.18 bits per heavy atom. The Morgan fingerprint density at radius 2 is 1.82 bits per heavy atom. The molecule has 1 aromatic carbocycles. The molecule has 0 aromatic heterocycles. The Hall–Kier alpha value is -1.76. The van der Waals surface area contributed by atoms with Crippen molar-refractivity contribution in [2.75, 3.05) is 51.3 Å². The summed E-state index contributed by atoms with van der Waals surface area (Å²) in [6, 6.07) is 7.67. The van der Waals surface area contributed by atoms with E-state index in [4.69, 9.17) is 0 Å². The first-order valence-corrected chi connectivity index (χ1v) is 8.91. The maximum absolute atomic E-state index is 12.5. The van der Waals surface area contributed by atoms with Crippen LogP contribution in [0.3, 0.4) is 0 Å². The molecule has 1 heterocycles. The minimum Gasteiger partial charge on any atom is -0.349 e. The van der Waals surface area contributed by atoms with Crippen molar-refractivity contribution in [3.05, 3.63) is 29.8 Å². The number of benzene rings is 1. The third-order valence-corrected chi connectivity index (χ3v) is 5.33. The second-order valence-electron chi connectivity index (χ2n) is 5.74. The summed E-state index contributed by atoms with van der Waals surface area (Å²) in [5.41, 5.74) is 1.91. The van der Waals surface area contributed by atoms with Crippen molar-refractivity contribution in [2.24, 2.45) is 4.99 Å². The average molecular weight is 324 g/mol. The summed E-state index contributed by atoms with van der Waals surface area (Å²) in [7, 11) is 4.24. The molecule has 2 rings (SSSR count). The zero-order valence-electron chi connectivity index (χ0n) is 13.7. The monoisotopic (exact) mass is 324 g/mol. The highest BCUT2D eigenvalue weighted by Gasteiger charge is 2.28. The fourth-order valence-electron chi connectivity index (χ4n) is 2.65. The Balaban J connectivity index is 2.09. The normalized spacial score (nSPS) is 13.7. The molecule has 0 radical (unpaired) electrons. The second kappa shape index (κ2) is 6.56. The Bertz CT molecular complexity index is 643. The highest BCUT2D eigenvalue weighted by molar-refractivity contribution is 7.92. The summed E-state index contributed by atoms with van der Waals surface area (Å²) in [6.45, 7) is 0.784. The summed E-state index contributed by atoms with van der Waals surface area (Å²) in [4.78, 5) is 8.14. The molecule has 0 saturated carbocycles. The van der Waals surface area contributed by atoms with Gasteiger partial charge in [-0.05, 0) is 18.1 Å². The highest BCUT2D eigenvalue weighted by Crippen LogP contribution is 2.29. The Labute approximate surface area is 133 Å². The molecule has 0 bridgehead atoms. The smallest absolute Gasteiger partial charge is 0.237 e. The van der Waals surface area contributed by atoms with E-state index < -0.39 is 10.0 Å². The predicted molar refractivity (Wildman–Crippen MR) is 91.0 cm³/mol. The molecule has 0 fully saturated rings. The van der Waals surface area contributed by atoms with Gasteiger partial charge in [0, 0.05) is 34.7 Å². The van der Waals surface area contributed by atoms with Crippen molar-refractivity contribution in [1.82, 2.24) is 9.80 Å². The van der Waals surface area contributed by atoms with Crippen LogP contribution in [-0.2, 0) is 16.4 Å². The van der Waals surface area contributed by atoms with E-state index in [1.54, 1.807) is 0 Å². The van der Waals surface area contributed by atoms with Crippen LogP contribution in [0.15, 0.2) is 29.3 Å². The molecule has 0 atom stereocenters. The van der Waals surface area contributed by atoms with Crippen molar-refractivity contribution in [1.29, 1.82) is 0 Å². The van der Waals surface area contributed by atoms with Crippen molar-refractivity contribution in [3.8, 4) is 0 Å². The Morgan fingerprint density at radius 3 is 2.45 bits per heavy atom. The van der Waals surface area contributed by atoms with Gasteiger partial charge in [-0.1, -0.05) is 18.2 Å². The first-order valence-electron chi connectivity index (χ1n) is 7.30. The second-order valence-corrected chi connectivity index (χ2v) is 7.75. The number of fused-ring (bicyclic) bond motifs is 1. The lowest BCUT2D eigenvalue weighted by Crippen LogP contribution is -2.37. The van der Waals surface area contributed by atoms with Crippen LogP contribution >= 0.6 is 0 Å². The molecule has 0 N–H and O–H groups in total. The summed E-state index contributed by atoms with van der Waals surface area (Å²) in [5, 5.41) is 0. The number of hydrogen-bond acceptors (Lipinski definition) is 3. The zero-order chi connectivity index (χ0) is 16.3. The maximum atomic E-state index is 12.5. The SMILES string of the molecule is CN(C)C(=NCCS(=O)(=O)N1CCc2ccccc21)N(C)C. The van der Waals surface area contributed by atoms with Crippen molar-refractivity contribution < 1.29 is 8.42 Å². The van der Waals surface area contributed by atoms with E-state index in [0.29, 0.717) is 6.54 Å². The van der Waals surface area contributed by atoms with Gasteiger partial charge in [-0.25, -0.2) is 8.42 Å². The van der Waals surface area contributed by atoms with Crippen LogP contribution in [0.4, 0.5) is 5.69 Å². The number of nitrogens with zero attached hydrogens (tertiary/aromatic N) is 4. The van der Waals surface area contributed by atoms with Crippen molar-refractivity contribution >= 4 is 21.7 Å². The zero-order valence-corrected chi connectivity index (χ0v) is 14.5. The fourth-order valence-corrected chi connectivity index (χ4v) is 4.04. The van der Waals surface area contributed by atoms with Crippen LogP contribution < -0.4 is 4.31 Å². The number of guanidine groups is 1. The van der Waals surface area contributed by atoms with Crippen molar-refractivity contribution in [2.45, 2.75) is 6.42 Å². The van der Waals surface area contributed by atoms with Gasteiger partial charge in [0.05, 0.1) is 18.0 Å². The Kier molecular flexibility index (Phi) is 4.95. The lowest BCUT2D eigenvalue weighted by molar-refractivity contribution is 0.480. The fraction of sp³-hybridized carbons (Fsp3) is 0.533. The first kappa shape index (κ1) is 16.6. The molecule has 6 nitrogen and oxygen atoms in total. The van der Waals surface area contributed by atoms with Crippen LogP contribution in [-0.4, -0.2) is 71.2 Å². The number of hydrogen-bond donors (Lipinski definition) is 0. The van der Waals surface area contributed by atoms with Gasteiger partial charge < -0.3 is 9.80 Å². The molecule has 1 aromatic rings. The largest absolute Gasteiger partial charge is 0.349 e. The highest BCUT2D eigenvalue weighted by atomic mass is 32.2. The molecule has 0 spiro atoms. The van der Waals surface area contributed by atoms with Gasteiger partial charge in [0.15, 0.2) is 5.96 Å². The van der Waals surface area contributed by atoms with Gasteiger partial charge in [0.2, 0.25) is 10.0 Å². The molecule has 1 aliphatic rings. The van der Waals surface area contributed by atoms with Crippen LogP contribution in [0.1, 0.15) is 5.56 Å². The van der Waals surface area contributed by atoms with Gasteiger partial charge in [0.25, 0.3) is 0 Å². The predicted octanol–water partition coefficient (Wildman–Crippen LogP) is 0.858. The lowest BCUT2D eigenvalue weighted by atomic mass is 10.2. The standard InChI is InChI=1S/C15H24N4O2S/c1-17(2)15(18(3)4)16-10-12-22(20,21)19-11-9-13-7-5-6-8-14(13)19/h5-8H,9-12H2,1-4H3. The van der Waals surface area contributed by atoms with E-state index >= 15 is 0 Å². The number of rotatable bonds is 4. The molecule has 0 aliphatic carbocycles. The molecule has 0 saturated heterocycles. The van der Waals surface area contributed by atoms with Gasteiger partial charge in [0.1, 0.15) is 0 Å². The van der Waals surface area contributed by atoms with Gasteiger partial charge in [-0.3, -0.25) is 9.30 Å². The third-order valence-electron chi connectivity index (χ3n) is 3.58. The molecular weight excluding hydrogens is 300 g/mol. The van der Waals surface area contributed by atoms with E-state index in [-0.39, 0.29) is 12.3 Å².